The summed E-state index contributed by atoms with van der Waals surface area (Å²) in [5.74, 6) is -1.16. The Morgan fingerprint density at radius 2 is 0.563 bits per heavy atom. The van der Waals surface area contributed by atoms with Crippen molar-refractivity contribution in [1.29, 1.82) is 0 Å². The lowest BCUT2D eigenvalue weighted by atomic mass is 10.1. The van der Waals surface area contributed by atoms with Crippen molar-refractivity contribution in [2.24, 2.45) is 0 Å². The first-order valence-corrected chi connectivity index (χ1v) is 27.3. The van der Waals surface area contributed by atoms with Gasteiger partial charge in [0.05, 0.1) is 6.42 Å². The first-order valence-electron chi connectivity index (χ1n) is 27.3. The van der Waals surface area contributed by atoms with E-state index in [1.807, 2.05) is 6.08 Å². The summed E-state index contributed by atoms with van der Waals surface area (Å²) in [7, 11) is 0. The van der Waals surface area contributed by atoms with Crippen LogP contribution in [-0.4, -0.2) is 37.2 Å². The average molecular weight is 973 g/mol. The van der Waals surface area contributed by atoms with Crippen LogP contribution < -0.4 is 0 Å². The maximum Gasteiger partial charge on any atom is 0.309 e. The molecule has 1 atom stereocenters. The molecule has 392 valence electrons. The molecule has 0 saturated heterocycles. The van der Waals surface area contributed by atoms with Gasteiger partial charge in [-0.25, -0.2) is 0 Å². The van der Waals surface area contributed by atoms with Crippen molar-refractivity contribution < 1.29 is 28.6 Å². The van der Waals surface area contributed by atoms with Crippen molar-refractivity contribution in [3.8, 4) is 0 Å². The Bertz CT molecular complexity index is 1730. The lowest BCUT2D eigenvalue weighted by Crippen LogP contribution is -2.30. The Balaban J connectivity index is 4.66. The van der Waals surface area contributed by atoms with E-state index in [9.17, 15) is 14.4 Å². The fraction of sp³-hybridized carbons (Fsp3) is 0.492. The SMILES string of the molecule is CC/C=C\C/C=C\C/C=C\C/C=C\C/C=C\C/C=C\CCCCC(=O)OCC(COC(=O)C/C=C\C/C=C\C/C=C\C/C=C\C/C=C\CC)OC(=O)CCCCCC/C=C\C/C=C\C/C=C\C/C=C\CC. The number of allylic oxidation sites excluding steroid dienone is 29. The standard InChI is InChI=1S/C65H96O6/c1-4-7-10-13-16-19-22-25-28-30-31-32-33-35-37-40-43-46-49-52-55-58-64(67)70-61-62(60-69-63(66)57-54-51-48-45-42-39-36-27-24-21-18-15-12-9-6-3)71-65(68)59-56-53-50-47-44-41-38-34-29-26-23-20-17-14-11-8-5-2/h7-12,16-21,25-29,31-32,35-38,41-43,45-46,51,54,62H,4-6,13-15,22-24,30,33-34,39-40,44,47-50,52-53,55-61H2,1-3H3/b10-7-,11-8-,12-9-,19-16-,20-17-,21-18-,28-25-,29-26-,32-31-,36-27-,37-35-,41-38-,45-42-,46-43-,54-51-. The van der Waals surface area contributed by atoms with Crippen LogP contribution in [0.4, 0.5) is 0 Å². The second kappa shape index (κ2) is 57.1. The first kappa shape index (κ1) is 65.5. The van der Waals surface area contributed by atoms with Crippen LogP contribution in [0.15, 0.2) is 182 Å². The highest BCUT2D eigenvalue weighted by molar-refractivity contribution is 5.72. The van der Waals surface area contributed by atoms with Gasteiger partial charge in [0.25, 0.3) is 0 Å². The molecule has 0 spiro atoms. The fourth-order valence-corrected chi connectivity index (χ4v) is 6.45. The summed E-state index contributed by atoms with van der Waals surface area (Å²) in [5.41, 5.74) is 0. The van der Waals surface area contributed by atoms with Gasteiger partial charge in [-0.3, -0.25) is 14.4 Å². The number of unbranched alkanes of at least 4 members (excludes halogenated alkanes) is 6. The molecule has 0 aliphatic carbocycles. The molecule has 0 amide bonds. The van der Waals surface area contributed by atoms with Crippen molar-refractivity contribution in [1.82, 2.24) is 0 Å². The van der Waals surface area contributed by atoms with Crippen LogP contribution in [-0.2, 0) is 28.6 Å². The molecule has 1 unspecified atom stereocenters. The number of hydrogen-bond acceptors (Lipinski definition) is 6. The largest absolute Gasteiger partial charge is 0.462 e. The van der Waals surface area contributed by atoms with E-state index in [0.29, 0.717) is 19.3 Å². The molecular formula is C65H96O6. The van der Waals surface area contributed by atoms with Crippen molar-refractivity contribution in [2.45, 2.75) is 194 Å². The van der Waals surface area contributed by atoms with Gasteiger partial charge in [-0.05, 0) is 135 Å². The lowest BCUT2D eigenvalue weighted by molar-refractivity contribution is -0.166. The molecule has 0 N–H and O–H groups in total. The molecule has 0 radical (unpaired) electrons. The van der Waals surface area contributed by atoms with Crippen LogP contribution in [0.3, 0.4) is 0 Å². The summed E-state index contributed by atoms with van der Waals surface area (Å²) in [6.45, 7) is 6.12. The van der Waals surface area contributed by atoms with Crippen LogP contribution in [0, 0.1) is 0 Å². The topological polar surface area (TPSA) is 78.9 Å². The average Bonchev–Trinajstić information content (AvgIpc) is 3.37. The molecule has 0 fully saturated rings. The molecule has 0 bridgehead atoms. The third-order valence-corrected chi connectivity index (χ3v) is 10.4. The second-order valence-electron chi connectivity index (χ2n) is 17.0. The quantitative estimate of drug-likeness (QED) is 0.0262. The van der Waals surface area contributed by atoms with Crippen molar-refractivity contribution in [3.05, 3.63) is 182 Å². The highest BCUT2D eigenvalue weighted by atomic mass is 16.6. The van der Waals surface area contributed by atoms with Gasteiger partial charge < -0.3 is 14.2 Å². The number of rotatable bonds is 46. The minimum atomic E-state index is -0.860. The summed E-state index contributed by atoms with van der Waals surface area (Å²) < 4.78 is 16.7. The summed E-state index contributed by atoms with van der Waals surface area (Å²) in [6, 6.07) is 0. The van der Waals surface area contributed by atoms with Gasteiger partial charge in [0.15, 0.2) is 6.10 Å². The summed E-state index contributed by atoms with van der Waals surface area (Å²) in [6.07, 6.45) is 86.2. The molecule has 0 aromatic heterocycles. The van der Waals surface area contributed by atoms with E-state index >= 15 is 0 Å². The molecule has 6 heteroatoms. The molecular weight excluding hydrogens is 877 g/mol. The van der Waals surface area contributed by atoms with Crippen LogP contribution in [0.1, 0.15) is 188 Å². The summed E-state index contributed by atoms with van der Waals surface area (Å²) in [5, 5.41) is 0. The third kappa shape index (κ3) is 55.3. The van der Waals surface area contributed by atoms with Crippen LogP contribution in [0.2, 0.25) is 0 Å². The molecule has 6 nitrogen and oxygen atoms in total. The van der Waals surface area contributed by atoms with E-state index in [1.54, 1.807) is 6.08 Å². The number of hydrogen-bond donors (Lipinski definition) is 0. The minimum absolute atomic E-state index is 0.103. The monoisotopic (exact) mass is 973 g/mol. The Labute approximate surface area is 434 Å². The van der Waals surface area contributed by atoms with Gasteiger partial charge in [-0.15, -0.1) is 0 Å². The van der Waals surface area contributed by atoms with Crippen LogP contribution in [0.25, 0.3) is 0 Å². The van der Waals surface area contributed by atoms with E-state index in [-0.39, 0.29) is 44.4 Å². The van der Waals surface area contributed by atoms with Crippen LogP contribution in [0.5, 0.6) is 0 Å². The van der Waals surface area contributed by atoms with Crippen molar-refractivity contribution in [3.63, 3.8) is 0 Å². The second-order valence-corrected chi connectivity index (χ2v) is 17.0. The van der Waals surface area contributed by atoms with Crippen LogP contribution >= 0.6 is 0 Å². The molecule has 0 aromatic carbocycles. The Kier molecular flexibility index (Phi) is 52.7. The van der Waals surface area contributed by atoms with E-state index in [0.717, 1.165) is 128 Å². The molecule has 0 rings (SSSR count). The van der Waals surface area contributed by atoms with Gasteiger partial charge in [0.2, 0.25) is 0 Å². The van der Waals surface area contributed by atoms with E-state index < -0.39 is 12.1 Å². The number of carbonyl (C=O) groups excluding carboxylic acids is 3. The fourth-order valence-electron chi connectivity index (χ4n) is 6.45. The first-order chi connectivity index (χ1) is 35.0. The number of carbonyl (C=O) groups is 3. The normalized spacial score (nSPS) is 13.6. The zero-order valence-corrected chi connectivity index (χ0v) is 44.6. The Hall–Kier alpha value is -5.49. The number of ether oxygens (including phenoxy) is 3. The zero-order chi connectivity index (χ0) is 51.4. The predicted molar refractivity (Wildman–Crippen MR) is 306 cm³/mol. The molecule has 0 saturated carbocycles. The Morgan fingerprint density at radius 3 is 0.930 bits per heavy atom. The molecule has 71 heavy (non-hydrogen) atoms. The van der Waals surface area contributed by atoms with Gasteiger partial charge >= 0.3 is 17.9 Å². The summed E-state index contributed by atoms with van der Waals surface area (Å²) >= 11 is 0. The highest BCUT2D eigenvalue weighted by Gasteiger charge is 2.19. The molecule has 0 aromatic rings. The molecule has 0 aliphatic heterocycles. The maximum atomic E-state index is 12.8. The zero-order valence-electron chi connectivity index (χ0n) is 44.6. The van der Waals surface area contributed by atoms with Gasteiger partial charge in [0, 0.05) is 12.8 Å². The van der Waals surface area contributed by atoms with Gasteiger partial charge in [0.1, 0.15) is 13.2 Å². The number of esters is 3. The summed E-state index contributed by atoms with van der Waals surface area (Å²) in [4.78, 5) is 38.0. The third-order valence-electron chi connectivity index (χ3n) is 10.4. The van der Waals surface area contributed by atoms with Crippen molar-refractivity contribution in [2.75, 3.05) is 13.2 Å². The minimum Gasteiger partial charge on any atom is -0.462 e. The smallest absolute Gasteiger partial charge is 0.309 e. The highest BCUT2D eigenvalue weighted by Crippen LogP contribution is 2.10. The van der Waals surface area contributed by atoms with E-state index in [4.69, 9.17) is 14.2 Å². The van der Waals surface area contributed by atoms with Crippen molar-refractivity contribution >= 4 is 17.9 Å². The Morgan fingerprint density at radius 1 is 0.296 bits per heavy atom. The maximum absolute atomic E-state index is 12.8. The molecule has 0 aliphatic rings. The lowest BCUT2D eigenvalue weighted by Gasteiger charge is -2.18. The van der Waals surface area contributed by atoms with E-state index in [1.165, 1.54) is 0 Å². The van der Waals surface area contributed by atoms with Gasteiger partial charge in [-0.1, -0.05) is 216 Å². The predicted octanol–water partition coefficient (Wildman–Crippen LogP) is 18.5. The van der Waals surface area contributed by atoms with Gasteiger partial charge in [-0.2, -0.15) is 0 Å². The van der Waals surface area contributed by atoms with E-state index in [2.05, 4.69) is 191 Å². The molecule has 0 heterocycles.